The van der Waals surface area contributed by atoms with E-state index in [1.807, 2.05) is 18.2 Å². The van der Waals surface area contributed by atoms with E-state index in [1.165, 1.54) is 6.07 Å². The molecule has 2 N–H and O–H groups in total. The van der Waals surface area contributed by atoms with Crippen LogP contribution in [0.5, 0.6) is 11.5 Å². The number of carbonyl (C=O) groups is 1. The number of imidazole rings is 1. The number of aromatic carboxylic acids is 1. The van der Waals surface area contributed by atoms with Crippen LogP contribution in [0.1, 0.15) is 10.4 Å². The third-order valence-corrected chi connectivity index (χ3v) is 5.02. The highest BCUT2D eigenvalue weighted by Crippen LogP contribution is 2.33. The summed E-state index contributed by atoms with van der Waals surface area (Å²) < 4.78 is 13.1. The van der Waals surface area contributed by atoms with Crippen LogP contribution in [0.15, 0.2) is 59.3 Å². The quantitative estimate of drug-likeness (QED) is 0.425. The summed E-state index contributed by atoms with van der Waals surface area (Å²) in [5, 5.41) is 12.7. The topological polar surface area (TPSA) is 98.0 Å². The van der Waals surface area contributed by atoms with E-state index in [0.29, 0.717) is 38.9 Å². The Balaban J connectivity index is 1.83. The molecule has 0 radical (unpaired) electrons. The van der Waals surface area contributed by atoms with Gasteiger partial charge in [-0.1, -0.05) is 15.9 Å². The molecule has 8 nitrogen and oxygen atoms in total. The monoisotopic (exact) mass is 468 g/mol. The Hall–Kier alpha value is -3.59. The van der Waals surface area contributed by atoms with Crippen molar-refractivity contribution in [2.45, 2.75) is 0 Å². The van der Waals surface area contributed by atoms with E-state index < -0.39 is 5.97 Å². The Bertz CT molecular complexity index is 1260. The molecule has 0 saturated heterocycles. The number of nitrogens with zero attached hydrogens (tertiary/aromatic N) is 3. The average molecular weight is 469 g/mol. The summed E-state index contributed by atoms with van der Waals surface area (Å²) in [6.45, 7) is 0. The number of benzene rings is 2. The van der Waals surface area contributed by atoms with Gasteiger partial charge in [-0.3, -0.25) is 4.40 Å². The zero-order valence-electron chi connectivity index (χ0n) is 16.1. The molecule has 0 spiro atoms. The highest BCUT2D eigenvalue weighted by Gasteiger charge is 2.15. The Morgan fingerprint density at radius 1 is 1.10 bits per heavy atom. The van der Waals surface area contributed by atoms with Crippen LogP contribution in [-0.4, -0.2) is 39.7 Å². The molecule has 0 fully saturated rings. The Morgan fingerprint density at radius 3 is 2.63 bits per heavy atom. The van der Waals surface area contributed by atoms with Gasteiger partial charge >= 0.3 is 5.97 Å². The Labute approximate surface area is 180 Å². The standard InChI is InChI=1S/C21H17BrN4O4/c1-29-17-6-3-12(9-18(17)30-2)16-11-19-23-7-8-26(19)21(25-16)24-15-5-4-13(22)10-14(15)20(27)28/h3-11H,1-2H3,(H,24,25)(H,27,28). The molecule has 0 amide bonds. The van der Waals surface area contributed by atoms with E-state index in [2.05, 4.69) is 26.2 Å². The van der Waals surface area contributed by atoms with Gasteiger partial charge in [0.05, 0.1) is 31.2 Å². The molecule has 0 atom stereocenters. The summed E-state index contributed by atoms with van der Waals surface area (Å²) in [4.78, 5) is 20.7. The number of hydrogen-bond donors (Lipinski definition) is 2. The van der Waals surface area contributed by atoms with E-state index in [0.717, 1.165) is 5.56 Å². The number of nitrogens with one attached hydrogen (secondary N) is 1. The number of carboxylic acids is 1. The van der Waals surface area contributed by atoms with Gasteiger partial charge in [0.2, 0.25) is 5.95 Å². The van der Waals surface area contributed by atoms with Crippen molar-refractivity contribution in [3.05, 3.63) is 64.9 Å². The molecule has 0 unspecified atom stereocenters. The van der Waals surface area contributed by atoms with Gasteiger partial charge in [0, 0.05) is 28.5 Å². The first-order valence-electron chi connectivity index (χ1n) is 8.86. The molecule has 0 bridgehead atoms. The van der Waals surface area contributed by atoms with Crippen molar-refractivity contribution >= 4 is 39.2 Å². The third-order valence-electron chi connectivity index (χ3n) is 4.53. The molecule has 152 valence electrons. The number of halogens is 1. The minimum Gasteiger partial charge on any atom is -0.493 e. The molecular weight excluding hydrogens is 452 g/mol. The summed E-state index contributed by atoms with van der Waals surface area (Å²) in [7, 11) is 3.15. The molecule has 0 aliphatic carbocycles. The lowest BCUT2D eigenvalue weighted by Crippen LogP contribution is -2.07. The summed E-state index contributed by atoms with van der Waals surface area (Å²) >= 11 is 3.31. The summed E-state index contributed by atoms with van der Waals surface area (Å²) in [6, 6.07) is 12.3. The lowest BCUT2D eigenvalue weighted by atomic mass is 10.1. The predicted molar refractivity (Wildman–Crippen MR) is 116 cm³/mol. The van der Waals surface area contributed by atoms with Crippen molar-refractivity contribution in [1.82, 2.24) is 14.4 Å². The van der Waals surface area contributed by atoms with E-state index in [1.54, 1.807) is 49.2 Å². The van der Waals surface area contributed by atoms with Crippen LogP contribution in [0.2, 0.25) is 0 Å². The van der Waals surface area contributed by atoms with Crippen molar-refractivity contribution in [2.75, 3.05) is 19.5 Å². The van der Waals surface area contributed by atoms with Gasteiger partial charge in [-0.05, 0) is 36.4 Å². The zero-order chi connectivity index (χ0) is 21.3. The first-order chi connectivity index (χ1) is 14.5. The third kappa shape index (κ3) is 3.67. The zero-order valence-corrected chi connectivity index (χ0v) is 17.7. The van der Waals surface area contributed by atoms with E-state index in [9.17, 15) is 9.90 Å². The van der Waals surface area contributed by atoms with Gasteiger partial charge in [-0.2, -0.15) is 0 Å². The summed E-state index contributed by atoms with van der Waals surface area (Å²) in [6.07, 6.45) is 3.41. The van der Waals surface area contributed by atoms with Crippen molar-refractivity contribution < 1.29 is 19.4 Å². The van der Waals surface area contributed by atoms with Gasteiger partial charge in [0.15, 0.2) is 11.5 Å². The fourth-order valence-corrected chi connectivity index (χ4v) is 3.44. The second kappa shape index (κ2) is 8.03. The van der Waals surface area contributed by atoms with Crippen LogP contribution in [0, 0.1) is 0 Å². The highest BCUT2D eigenvalue weighted by atomic mass is 79.9. The molecular formula is C21H17BrN4O4. The van der Waals surface area contributed by atoms with Gasteiger partial charge < -0.3 is 19.9 Å². The molecule has 0 aliphatic rings. The number of rotatable bonds is 6. The van der Waals surface area contributed by atoms with E-state index in [4.69, 9.17) is 14.5 Å². The minimum atomic E-state index is -1.04. The Morgan fingerprint density at radius 2 is 1.90 bits per heavy atom. The lowest BCUT2D eigenvalue weighted by molar-refractivity contribution is 0.0698. The van der Waals surface area contributed by atoms with Gasteiger partial charge in [-0.15, -0.1) is 0 Å². The van der Waals surface area contributed by atoms with Crippen molar-refractivity contribution in [2.24, 2.45) is 0 Å². The fraction of sp³-hybridized carbons (Fsp3) is 0.0952. The molecule has 2 aromatic carbocycles. The second-order valence-corrected chi connectivity index (χ2v) is 7.23. The molecule has 9 heteroatoms. The van der Waals surface area contributed by atoms with Crippen LogP contribution in [-0.2, 0) is 0 Å². The SMILES string of the molecule is COc1ccc(-c2cc3nccn3c(Nc3ccc(Br)cc3C(=O)O)n2)cc1OC. The largest absolute Gasteiger partial charge is 0.493 e. The first kappa shape index (κ1) is 19.7. The predicted octanol–water partition coefficient (Wildman–Crippen LogP) is 4.62. The molecule has 2 aromatic heterocycles. The maximum Gasteiger partial charge on any atom is 0.337 e. The average Bonchev–Trinajstić information content (AvgIpc) is 3.23. The van der Waals surface area contributed by atoms with Crippen LogP contribution >= 0.6 is 15.9 Å². The highest BCUT2D eigenvalue weighted by molar-refractivity contribution is 9.10. The second-order valence-electron chi connectivity index (χ2n) is 6.31. The van der Waals surface area contributed by atoms with Crippen LogP contribution in [0.25, 0.3) is 16.9 Å². The molecule has 4 rings (SSSR count). The number of ether oxygens (including phenoxy) is 2. The van der Waals surface area contributed by atoms with E-state index in [-0.39, 0.29) is 5.56 Å². The molecule has 4 aromatic rings. The van der Waals surface area contributed by atoms with Crippen molar-refractivity contribution in [3.63, 3.8) is 0 Å². The maximum atomic E-state index is 11.7. The molecule has 2 heterocycles. The Kier molecular flexibility index (Phi) is 5.28. The van der Waals surface area contributed by atoms with Gasteiger partial charge in [-0.25, -0.2) is 14.8 Å². The minimum absolute atomic E-state index is 0.121. The number of carboxylic acid groups (broad SMARTS) is 1. The van der Waals surface area contributed by atoms with Gasteiger partial charge in [0.25, 0.3) is 0 Å². The summed E-state index contributed by atoms with van der Waals surface area (Å²) in [5.74, 6) is 0.578. The van der Waals surface area contributed by atoms with Crippen molar-refractivity contribution in [3.8, 4) is 22.8 Å². The molecule has 0 aliphatic heterocycles. The molecule has 30 heavy (non-hydrogen) atoms. The lowest BCUT2D eigenvalue weighted by Gasteiger charge is -2.14. The number of methoxy groups -OCH3 is 2. The van der Waals surface area contributed by atoms with Crippen LogP contribution in [0.3, 0.4) is 0 Å². The summed E-state index contributed by atoms with van der Waals surface area (Å²) in [5.41, 5.74) is 2.64. The van der Waals surface area contributed by atoms with E-state index >= 15 is 0 Å². The normalized spacial score (nSPS) is 10.8. The number of aromatic nitrogens is 3. The smallest absolute Gasteiger partial charge is 0.337 e. The first-order valence-corrected chi connectivity index (χ1v) is 9.66. The van der Waals surface area contributed by atoms with Gasteiger partial charge in [0.1, 0.15) is 5.65 Å². The number of anilines is 2. The fourth-order valence-electron chi connectivity index (χ4n) is 3.08. The molecule has 0 saturated carbocycles. The maximum absolute atomic E-state index is 11.7. The van der Waals surface area contributed by atoms with Crippen LogP contribution in [0.4, 0.5) is 11.6 Å². The van der Waals surface area contributed by atoms with Crippen molar-refractivity contribution in [1.29, 1.82) is 0 Å². The number of hydrogen-bond acceptors (Lipinski definition) is 6. The number of fused-ring (bicyclic) bond motifs is 1. The van der Waals surface area contributed by atoms with Crippen LogP contribution < -0.4 is 14.8 Å².